The van der Waals surface area contributed by atoms with Crippen molar-refractivity contribution in [2.24, 2.45) is 0 Å². The number of aromatic nitrogens is 2. The second kappa shape index (κ2) is 6.47. The van der Waals surface area contributed by atoms with Crippen molar-refractivity contribution in [2.75, 3.05) is 18.5 Å². The minimum absolute atomic E-state index is 0.776. The van der Waals surface area contributed by atoms with E-state index in [1.807, 2.05) is 19.2 Å². The van der Waals surface area contributed by atoms with Gasteiger partial charge in [0, 0.05) is 18.5 Å². The van der Waals surface area contributed by atoms with Crippen LogP contribution >= 0.6 is 11.3 Å². The average Bonchev–Trinajstić information content (AvgIpc) is 2.89. The summed E-state index contributed by atoms with van der Waals surface area (Å²) in [6.07, 6.45) is 0. The van der Waals surface area contributed by atoms with Gasteiger partial charge in [-0.2, -0.15) is 5.10 Å². The maximum atomic E-state index is 4.25. The molecule has 2 aromatic heterocycles. The molecule has 1 N–H and O–H groups in total. The van der Waals surface area contributed by atoms with Crippen molar-refractivity contribution in [3.63, 3.8) is 0 Å². The molecule has 0 unspecified atom stereocenters. The third kappa shape index (κ3) is 3.51. The Labute approximate surface area is 112 Å². The molecule has 4 nitrogen and oxygen atoms in total. The molecule has 96 valence electrons. The van der Waals surface area contributed by atoms with Gasteiger partial charge in [-0.1, -0.05) is 13.0 Å². The molecular formula is C13H18N4S. The Kier molecular flexibility index (Phi) is 4.66. The summed E-state index contributed by atoms with van der Waals surface area (Å²) in [6, 6.07) is 8.25. The molecule has 2 heterocycles. The van der Waals surface area contributed by atoms with E-state index in [0.29, 0.717) is 0 Å². The predicted molar refractivity (Wildman–Crippen MR) is 75.8 cm³/mol. The Morgan fingerprint density at radius 3 is 2.78 bits per heavy atom. The molecule has 0 bridgehead atoms. The van der Waals surface area contributed by atoms with Crippen molar-refractivity contribution in [2.45, 2.75) is 20.0 Å². The van der Waals surface area contributed by atoms with Crippen LogP contribution in [0.3, 0.4) is 0 Å². The lowest BCUT2D eigenvalue weighted by atomic mass is 10.3. The van der Waals surface area contributed by atoms with E-state index in [9.17, 15) is 0 Å². The van der Waals surface area contributed by atoms with Gasteiger partial charge in [0.05, 0.1) is 12.2 Å². The number of anilines is 1. The molecule has 0 amide bonds. The molecule has 0 aliphatic rings. The topological polar surface area (TPSA) is 41.0 Å². The predicted octanol–water partition coefficient (Wildman–Crippen LogP) is 2.28. The first-order valence-electron chi connectivity index (χ1n) is 6.06. The summed E-state index contributed by atoms with van der Waals surface area (Å²) in [5.41, 5.74) is 0.977. The second-order valence-corrected chi connectivity index (χ2v) is 5.13. The Morgan fingerprint density at radius 2 is 2.17 bits per heavy atom. The summed E-state index contributed by atoms with van der Waals surface area (Å²) in [6.45, 7) is 4.68. The minimum Gasteiger partial charge on any atom is -0.353 e. The summed E-state index contributed by atoms with van der Waals surface area (Å²) >= 11 is 1.76. The highest BCUT2D eigenvalue weighted by Gasteiger charge is 2.05. The Morgan fingerprint density at radius 1 is 1.28 bits per heavy atom. The number of nitrogens with one attached hydrogen (secondary N) is 1. The monoisotopic (exact) mass is 262 g/mol. The van der Waals surface area contributed by atoms with Gasteiger partial charge in [0.25, 0.3) is 0 Å². The first-order chi connectivity index (χ1) is 8.79. The lowest BCUT2D eigenvalue weighted by Crippen LogP contribution is -2.18. The maximum Gasteiger partial charge on any atom is 0.151 e. The van der Waals surface area contributed by atoms with E-state index in [4.69, 9.17) is 0 Å². The van der Waals surface area contributed by atoms with Crippen LogP contribution in [-0.2, 0) is 13.1 Å². The van der Waals surface area contributed by atoms with Crippen molar-refractivity contribution in [3.8, 4) is 0 Å². The van der Waals surface area contributed by atoms with Crippen LogP contribution in [0.2, 0.25) is 0 Å². The zero-order valence-electron chi connectivity index (χ0n) is 10.8. The van der Waals surface area contributed by atoms with Crippen LogP contribution in [0.15, 0.2) is 29.6 Å². The molecule has 0 radical (unpaired) electrons. The van der Waals surface area contributed by atoms with Crippen LogP contribution in [0, 0.1) is 0 Å². The number of nitrogens with zero attached hydrogens (tertiary/aromatic N) is 3. The van der Waals surface area contributed by atoms with Gasteiger partial charge in [0.1, 0.15) is 0 Å². The quantitative estimate of drug-likeness (QED) is 0.867. The van der Waals surface area contributed by atoms with E-state index in [2.05, 4.69) is 44.9 Å². The maximum absolute atomic E-state index is 4.25. The van der Waals surface area contributed by atoms with E-state index in [0.717, 1.165) is 31.1 Å². The van der Waals surface area contributed by atoms with Gasteiger partial charge >= 0.3 is 0 Å². The molecule has 0 aliphatic carbocycles. The van der Waals surface area contributed by atoms with Gasteiger partial charge in [0.2, 0.25) is 0 Å². The smallest absolute Gasteiger partial charge is 0.151 e. The van der Waals surface area contributed by atoms with E-state index in [1.165, 1.54) is 4.88 Å². The summed E-state index contributed by atoms with van der Waals surface area (Å²) in [5, 5.41) is 13.8. The highest BCUT2D eigenvalue weighted by Crippen LogP contribution is 2.15. The molecule has 0 fully saturated rings. The van der Waals surface area contributed by atoms with E-state index in [1.54, 1.807) is 11.3 Å². The first-order valence-corrected chi connectivity index (χ1v) is 6.94. The molecule has 18 heavy (non-hydrogen) atoms. The molecule has 2 aromatic rings. The number of thiophene rings is 1. The molecule has 0 aromatic carbocycles. The molecular weight excluding hydrogens is 244 g/mol. The number of rotatable bonds is 6. The summed E-state index contributed by atoms with van der Waals surface area (Å²) < 4.78 is 0. The third-order valence-corrected chi connectivity index (χ3v) is 3.49. The SMILES string of the molecule is CCNCc1ccc(N(C)Cc2cccs2)nn1. The zero-order valence-corrected chi connectivity index (χ0v) is 11.6. The third-order valence-electron chi connectivity index (χ3n) is 2.63. The van der Waals surface area contributed by atoms with Gasteiger partial charge in [-0.3, -0.25) is 0 Å². The van der Waals surface area contributed by atoms with Crippen molar-refractivity contribution in [1.29, 1.82) is 0 Å². The van der Waals surface area contributed by atoms with Gasteiger partial charge in [0.15, 0.2) is 5.82 Å². The lowest BCUT2D eigenvalue weighted by molar-refractivity contribution is 0.696. The fourth-order valence-corrected chi connectivity index (χ4v) is 2.38. The molecule has 0 spiro atoms. The zero-order chi connectivity index (χ0) is 12.8. The van der Waals surface area contributed by atoms with Crippen LogP contribution in [0.4, 0.5) is 5.82 Å². The first kappa shape index (κ1) is 13.0. The Hall–Kier alpha value is -1.46. The van der Waals surface area contributed by atoms with E-state index < -0.39 is 0 Å². The summed E-state index contributed by atoms with van der Waals surface area (Å²) in [7, 11) is 2.04. The average molecular weight is 262 g/mol. The fourth-order valence-electron chi connectivity index (χ4n) is 1.62. The Balaban J connectivity index is 1.96. The van der Waals surface area contributed by atoms with Crippen LogP contribution in [0.25, 0.3) is 0 Å². The normalized spacial score (nSPS) is 10.6. The fraction of sp³-hybridized carbons (Fsp3) is 0.385. The summed E-state index contributed by atoms with van der Waals surface area (Å²) in [4.78, 5) is 3.44. The van der Waals surface area contributed by atoms with Gasteiger partial charge in [-0.15, -0.1) is 16.4 Å². The number of hydrogen-bond donors (Lipinski definition) is 1. The van der Waals surface area contributed by atoms with Crippen molar-refractivity contribution < 1.29 is 0 Å². The van der Waals surface area contributed by atoms with Gasteiger partial charge in [-0.25, -0.2) is 0 Å². The van der Waals surface area contributed by atoms with E-state index in [-0.39, 0.29) is 0 Å². The molecule has 2 rings (SSSR count). The molecule has 0 saturated carbocycles. The van der Waals surface area contributed by atoms with Crippen molar-refractivity contribution in [1.82, 2.24) is 15.5 Å². The van der Waals surface area contributed by atoms with Crippen LogP contribution < -0.4 is 10.2 Å². The molecule has 5 heteroatoms. The van der Waals surface area contributed by atoms with Gasteiger partial charge < -0.3 is 10.2 Å². The highest BCUT2D eigenvalue weighted by molar-refractivity contribution is 7.09. The van der Waals surface area contributed by atoms with Gasteiger partial charge in [-0.05, 0) is 30.1 Å². The van der Waals surface area contributed by atoms with Crippen LogP contribution in [0.5, 0.6) is 0 Å². The van der Waals surface area contributed by atoms with E-state index >= 15 is 0 Å². The Bertz CT molecular complexity index is 452. The highest BCUT2D eigenvalue weighted by atomic mass is 32.1. The van der Waals surface area contributed by atoms with Crippen molar-refractivity contribution in [3.05, 3.63) is 40.2 Å². The largest absolute Gasteiger partial charge is 0.353 e. The lowest BCUT2D eigenvalue weighted by Gasteiger charge is -2.16. The van der Waals surface area contributed by atoms with Crippen LogP contribution in [-0.4, -0.2) is 23.8 Å². The number of hydrogen-bond acceptors (Lipinski definition) is 5. The van der Waals surface area contributed by atoms with Crippen LogP contribution in [0.1, 0.15) is 17.5 Å². The van der Waals surface area contributed by atoms with Crippen molar-refractivity contribution >= 4 is 17.2 Å². The standard InChI is InChI=1S/C13H18N4S/c1-3-14-9-11-6-7-13(16-15-11)17(2)10-12-5-4-8-18-12/h4-8,14H,3,9-10H2,1-2H3. The minimum atomic E-state index is 0.776. The summed E-state index contributed by atoms with van der Waals surface area (Å²) in [5.74, 6) is 0.906. The molecule has 0 saturated heterocycles. The second-order valence-electron chi connectivity index (χ2n) is 4.10. The molecule has 0 aliphatic heterocycles. The molecule has 0 atom stereocenters.